The van der Waals surface area contributed by atoms with E-state index in [0.29, 0.717) is 13.0 Å². The third-order valence-corrected chi connectivity index (χ3v) is 6.86. The summed E-state index contributed by atoms with van der Waals surface area (Å²) < 4.78 is 29.5. The van der Waals surface area contributed by atoms with E-state index < -0.39 is 56.5 Å². The molecule has 2 fully saturated rings. The molecule has 176 valence electrons. The predicted octanol–water partition coefficient (Wildman–Crippen LogP) is -2.04. The average molecular weight is 473 g/mol. The number of anilines is 1. The lowest BCUT2D eigenvalue weighted by molar-refractivity contribution is -0.121. The lowest BCUT2D eigenvalue weighted by Crippen LogP contribution is -2.40. The highest BCUT2D eigenvalue weighted by Crippen LogP contribution is 2.44. The van der Waals surface area contributed by atoms with Crippen molar-refractivity contribution in [2.24, 2.45) is 0 Å². The molecule has 2 saturated heterocycles. The molecule has 2 aromatic heterocycles. The van der Waals surface area contributed by atoms with Crippen LogP contribution in [0.2, 0.25) is 0 Å². The van der Waals surface area contributed by atoms with Gasteiger partial charge in [-0.05, 0) is 19.4 Å². The van der Waals surface area contributed by atoms with Gasteiger partial charge in [-0.1, -0.05) is 0 Å². The lowest BCUT2D eigenvalue weighted by atomic mass is 10.1. The fraction of sp³-hybridized carbons (Fsp3) is 0.625. The van der Waals surface area contributed by atoms with Gasteiger partial charge in [0.25, 0.3) is 0 Å². The summed E-state index contributed by atoms with van der Waals surface area (Å²) in [4.78, 5) is 34.9. The van der Waals surface area contributed by atoms with Gasteiger partial charge in [0, 0.05) is 7.11 Å². The molecule has 4 rings (SSSR count). The quantitative estimate of drug-likeness (QED) is 0.240. The summed E-state index contributed by atoms with van der Waals surface area (Å²) in [6.07, 6.45) is -3.06. The van der Waals surface area contributed by atoms with Gasteiger partial charge in [-0.2, -0.15) is 0 Å². The number of nitrogens with zero attached hydrogens (tertiary/aromatic N) is 3. The number of imidazole rings is 1. The molecule has 16 heteroatoms. The number of carbonyl (C=O) groups is 1. The Morgan fingerprint density at radius 1 is 1.44 bits per heavy atom. The Labute approximate surface area is 180 Å². The Morgan fingerprint density at radius 3 is 2.91 bits per heavy atom. The summed E-state index contributed by atoms with van der Waals surface area (Å²) in [6, 6.07) is -0.509. The van der Waals surface area contributed by atoms with E-state index in [9.17, 15) is 24.4 Å². The molecule has 2 aliphatic heterocycles. The SMILES string of the molecule is COP(=O)(NC(=O)[C@@H]1CCCN1)OC[C@H]1O[C@@H](n2c(=O)[nH]c3c(N)ncnc32)C(O)C1O. The minimum absolute atomic E-state index is 0.0206. The first-order chi connectivity index (χ1) is 15.2. The van der Waals surface area contributed by atoms with E-state index in [1.165, 1.54) is 0 Å². The van der Waals surface area contributed by atoms with Gasteiger partial charge >= 0.3 is 13.4 Å². The highest BCUT2D eigenvalue weighted by Gasteiger charge is 2.46. The molecule has 4 heterocycles. The third kappa shape index (κ3) is 4.15. The molecule has 0 spiro atoms. The first kappa shape index (κ1) is 22.8. The Balaban J connectivity index is 1.47. The Kier molecular flexibility index (Phi) is 6.31. The molecule has 0 aliphatic carbocycles. The van der Waals surface area contributed by atoms with Crippen molar-refractivity contribution in [3.05, 3.63) is 16.8 Å². The molecule has 6 atom stereocenters. The molecular formula is C16H24N7O8P. The van der Waals surface area contributed by atoms with Crippen LogP contribution in [0.4, 0.5) is 5.82 Å². The molecule has 15 nitrogen and oxygen atoms in total. The van der Waals surface area contributed by atoms with Gasteiger partial charge < -0.3 is 31.0 Å². The van der Waals surface area contributed by atoms with Crippen molar-refractivity contribution in [1.29, 1.82) is 0 Å². The maximum absolute atomic E-state index is 12.8. The molecule has 7 N–H and O–H groups in total. The molecule has 0 aromatic carbocycles. The fourth-order valence-corrected chi connectivity index (χ4v) is 4.73. The van der Waals surface area contributed by atoms with Crippen LogP contribution in [0.5, 0.6) is 0 Å². The maximum atomic E-state index is 12.8. The second-order valence-electron chi connectivity index (χ2n) is 7.40. The van der Waals surface area contributed by atoms with E-state index in [2.05, 4.69) is 25.4 Å². The smallest absolute Gasteiger partial charge is 0.387 e. The summed E-state index contributed by atoms with van der Waals surface area (Å²) in [5.41, 5.74) is 5.26. The number of ether oxygens (including phenoxy) is 1. The van der Waals surface area contributed by atoms with Crippen molar-refractivity contribution < 1.29 is 33.4 Å². The number of aromatic amines is 1. The molecule has 1 amide bonds. The number of nitrogens with two attached hydrogens (primary N) is 1. The van der Waals surface area contributed by atoms with Gasteiger partial charge in [-0.3, -0.25) is 18.9 Å². The van der Waals surface area contributed by atoms with Crippen LogP contribution >= 0.6 is 7.75 Å². The molecule has 2 aliphatic rings. The van der Waals surface area contributed by atoms with Crippen molar-refractivity contribution in [3.8, 4) is 0 Å². The lowest BCUT2D eigenvalue weighted by Gasteiger charge is -2.21. The fourth-order valence-electron chi connectivity index (χ4n) is 3.69. The van der Waals surface area contributed by atoms with Gasteiger partial charge in [0.05, 0.1) is 12.6 Å². The molecule has 0 radical (unpaired) electrons. The van der Waals surface area contributed by atoms with E-state index in [1.807, 2.05) is 0 Å². The number of hydrogen-bond donors (Lipinski definition) is 6. The van der Waals surface area contributed by atoms with E-state index in [1.54, 1.807) is 0 Å². The van der Waals surface area contributed by atoms with Crippen LogP contribution in [0, 0.1) is 0 Å². The summed E-state index contributed by atoms with van der Waals surface area (Å²) in [7, 11) is -2.97. The van der Waals surface area contributed by atoms with Crippen LogP contribution in [-0.2, 0) is 23.1 Å². The van der Waals surface area contributed by atoms with E-state index in [0.717, 1.165) is 24.4 Å². The molecular weight excluding hydrogens is 449 g/mol. The van der Waals surface area contributed by atoms with Crippen molar-refractivity contribution >= 4 is 30.6 Å². The van der Waals surface area contributed by atoms with Crippen molar-refractivity contribution in [2.75, 3.05) is 26.0 Å². The molecule has 0 saturated carbocycles. The number of fused-ring (bicyclic) bond motifs is 1. The van der Waals surface area contributed by atoms with Gasteiger partial charge in [0.2, 0.25) is 5.91 Å². The number of aliphatic hydroxyl groups excluding tert-OH is 2. The predicted molar refractivity (Wildman–Crippen MR) is 108 cm³/mol. The topological polar surface area (TPSA) is 216 Å². The Morgan fingerprint density at radius 2 is 2.22 bits per heavy atom. The van der Waals surface area contributed by atoms with Crippen molar-refractivity contribution in [2.45, 2.75) is 43.4 Å². The van der Waals surface area contributed by atoms with Crippen LogP contribution < -0.4 is 21.8 Å². The first-order valence-electron chi connectivity index (χ1n) is 9.82. The van der Waals surface area contributed by atoms with Gasteiger partial charge in [0.1, 0.15) is 30.2 Å². The molecule has 2 aromatic rings. The second kappa shape index (κ2) is 8.86. The van der Waals surface area contributed by atoms with Crippen LogP contribution in [0.1, 0.15) is 19.1 Å². The van der Waals surface area contributed by atoms with Gasteiger partial charge in [-0.15, -0.1) is 0 Å². The zero-order valence-corrected chi connectivity index (χ0v) is 17.9. The Hall–Kier alpha value is -2.39. The second-order valence-corrected chi connectivity index (χ2v) is 9.25. The number of carbonyl (C=O) groups excluding carboxylic acids is 1. The van der Waals surface area contributed by atoms with Crippen LogP contribution in [0.15, 0.2) is 11.1 Å². The Bertz CT molecular complexity index is 1100. The molecule has 32 heavy (non-hydrogen) atoms. The summed E-state index contributed by atoms with van der Waals surface area (Å²) in [6.45, 7) is 0.161. The van der Waals surface area contributed by atoms with E-state index in [4.69, 9.17) is 19.5 Å². The standard InChI is InChI=1S/C16H24N7O8P/c1-29-32(28,22-14(26)7-3-2-4-18-7)30-5-8-10(24)11(25)15(31-8)23-13-9(21-16(23)27)12(17)19-6-20-13/h6-8,10-11,15,18,24-25H,2-5H2,1H3,(H,21,27)(H2,17,19,20)(H,22,26,28)/t7-,8+,10?,11?,15+,32?/m0/s1. The molecule has 0 bridgehead atoms. The normalized spacial score (nSPS) is 29.9. The zero-order chi connectivity index (χ0) is 23.0. The zero-order valence-electron chi connectivity index (χ0n) is 17.0. The van der Waals surface area contributed by atoms with Crippen molar-refractivity contribution in [3.63, 3.8) is 0 Å². The van der Waals surface area contributed by atoms with E-state index in [-0.39, 0.29) is 17.0 Å². The van der Waals surface area contributed by atoms with Crippen LogP contribution in [-0.4, -0.2) is 80.3 Å². The number of nitrogen functional groups attached to an aromatic ring is 1. The summed E-state index contributed by atoms with van der Waals surface area (Å²) in [5, 5.41) is 26.1. The van der Waals surface area contributed by atoms with E-state index >= 15 is 0 Å². The minimum Gasteiger partial charge on any atom is -0.387 e. The van der Waals surface area contributed by atoms with Crippen LogP contribution in [0.25, 0.3) is 11.2 Å². The van der Waals surface area contributed by atoms with Crippen molar-refractivity contribution in [1.82, 2.24) is 29.9 Å². The average Bonchev–Trinajstić information content (AvgIpc) is 3.47. The third-order valence-electron chi connectivity index (χ3n) is 5.40. The number of aromatic nitrogens is 4. The highest BCUT2D eigenvalue weighted by molar-refractivity contribution is 7.52. The summed E-state index contributed by atoms with van der Waals surface area (Å²) >= 11 is 0. The molecule has 3 unspecified atom stereocenters. The monoisotopic (exact) mass is 473 g/mol. The number of aliphatic hydroxyl groups is 2. The number of amides is 1. The van der Waals surface area contributed by atoms with Crippen LogP contribution in [0.3, 0.4) is 0 Å². The number of nitrogens with one attached hydrogen (secondary N) is 3. The highest BCUT2D eigenvalue weighted by atomic mass is 31.2. The minimum atomic E-state index is -4.07. The largest absolute Gasteiger partial charge is 0.434 e. The first-order valence-corrected chi connectivity index (χ1v) is 11.4. The summed E-state index contributed by atoms with van der Waals surface area (Å²) in [5.74, 6) is -0.520. The number of H-pyrrole nitrogens is 1. The number of hydrogen-bond acceptors (Lipinski definition) is 12. The maximum Gasteiger partial charge on any atom is 0.434 e. The number of rotatable bonds is 7. The van der Waals surface area contributed by atoms with Gasteiger partial charge in [0.15, 0.2) is 17.7 Å². The van der Waals surface area contributed by atoms with Gasteiger partial charge in [-0.25, -0.2) is 23.9 Å².